The van der Waals surface area contributed by atoms with Gasteiger partial charge in [-0.05, 0) is 35.9 Å². The Hall–Kier alpha value is -3.32. The maximum Gasteiger partial charge on any atom is 0.260 e. The molecule has 2 heterocycles. The van der Waals surface area contributed by atoms with Crippen LogP contribution in [0.2, 0.25) is 0 Å². The summed E-state index contributed by atoms with van der Waals surface area (Å²) in [7, 11) is 1.54. The van der Waals surface area contributed by atoms with Crippen LogP contribution in [0.3, 0.4) is 0 Å². The summed E-state index contributed by atoms with van der Waals surface area (Å²) in [6.45, 7) is 2.39. The van der Waals surface area contributed by atoms with E-state index in [1.165, 1.54) is 7.11 Å². The van der Waals surface area contributed by atoms with Crippen molar-refractivity contribution in [1.29, 1.82) is 0 Å². The van der Waals surface area contributed by atoms with Gasteiger partial charge in [0, 0.05) is 18.7 Å². The summed E-state index contributed by atoms with van der Waals surface area (Å²) in [6, 6.07) is 12.5. The Balaban J connectivity index is 1.46. The normalized spacial score (nSPS) is 17.3. The van der Waals surface area contributed by atoms with Crippen LogP contribution in [0.25, 0.3) is 6.08 Å². The van der Waals surface area contributed by atoms with Crippen LogP contribution in [0.5, 0.6) is 17.2 Å². The van der Waals surface area contributed by atoms with Gasteiger partial charge in [-0.1, -0.05) is 18.2 Å². The predicted octanol–water partition coefficient (Wildman–Crippen LogP) is 2.59. The first kappa shape index (κ1) is 20.0. The monoisotopic (exact) mass is 409 g/mol. The largest absolute Gasteiger partial charge is 0.493 e. The van der Waals surface area contributed by atoms with E-state index in [0.717, 1.165) is 5.56 Å². The molecule has 0 saturated carbocycles. The number of rotatable bonds is 5. The number of methoxy groups -OCH3 is 1. The lowest BCUT2D eigenvalue weighted by molar-refractivity contribution is -0.137. The first-order valence-electron chi connectivity index (χ1n) is 9.79. The van der Waals surface area contributed by atoms with E-state index in [2.05, 4.69) is 0 Å². The van der Waals surface area contributed by atoms with Crippen molar-refractivity contribution in [3.63, 3.8) is 0 Å². The van der Waals surface area contributed by atoms with E-state index in [1.807, 2.05) is 18.2 Å². The molecule has 0 spiro atoms. The molecule has 2 aliphatic rings. The molecule has 0 aromatic heterocycles. The van der Waals surface area contributed by atoms with Gasteiger partial charge in [0.05, 0.1) is 25.9 Å². The Kier molecular flexibility index (Phi) is 5.99. The van der Waals surface area contributed by atoms with Gasteiger partial charge in [0.2, 0.25) is 0 Å². The minimum Gasteiger partial charge on any atom is -0.493 e. The summed E-state index contributed by atoms with van der Waals surface area (Å²) < 4.78 is 22.1. The van der Waals surface area contributed by atoms with Crippen molar-refractivity contribution >= 4 is 17.8 Å². The Morgan fingerprint density at radius 1 is 1.13 bits per heavy atom. The molecule has 0 atom stereocenters. The number of hydrogen-bond donors (Lipinski definition) is 0. The van der Waals surface area contributed by atoms with E-state index in [9.17, 15) is 9.59 Å². The average Bonchev–Trinajstić information content (AvgIpc) is 2.80. The first-order chi connectivity index (χ1) is 14.7. The molecule has 156 valence electrons. The summed E-state index contributed by atoms with van der Waals surface area (Å²) in [5.41, 5.74) is 1.90. The van der Waals surface area contributed by atoms with Crippen LogP contribution in [-0.4, -0.2) is 63.2 Å². The highest BCUT2D eigenvalue weighted by Crippen LogP contribution is 2.31. The van der Waals surface area contributed by atoms with Crippen molar-refractivity contribution in [3.05, 3.63) is 59.2 Å². The smallest absolute Gasteiger partial charge is 0.260 e. The van der Waals surface area contributed by atoms with Crippen LogP contribution in [0.15, 0.2) is 48.0 Å². The average molecular weight is 409 g/mol. The van der Waals surface area contributed by atoms with E-state index >= 15 is 0 Å². The highest BCUT2D eigenvalue weighted by atomic mass is 16.5. The molecule has 0 N–H and O–H groups in total. The maximum absolute atomic E-state index is 12.7. The Labute approximate surface area is 174 Å². The number of carbonyl (C=O) groups is 2. The van der Waals surface area contributed by atoms with E-state index in [1.54, 1.807) is 35.2 Å². The molecule has 0 unspecified atom stereocenters. The Bertz CT molecular complexity index is 977. The van der Waals surface area contributed by atoms with Gasteiger partial charge in [0.25, 0.3) is 5.91 Å². The van der Waals surface area contributed by atoms with Crippen LogP contribution in [0.1, 0.15) is 15.9 Å². The number of amides is 1. The zero-order valence-electron chi connectivity index (χ0n) is 16.8. The third kappa shape index (κ3) is 4.31. The number of benzene rings is 2. The maximum atomic E-state index is 12.7. The molecule has 1 amide bonds. The minimum absolute atomic E-state index is 0.0488. The lowest BCUT2D eigenvalue weighted by Gasteiger charge is -2.26. The third-order valence-electron chi connectivity index (χ3n) is 5.05. The zero-order valence-corrected chi connectivity index (χ0v) is 16.8. The van der Waals surface area contributed by atoms with Gasteiger partial charge in [-0.25, -0.2) is 0 Å². The molecule has 7 heteroatoms. The zero-order chi connectivity index (χ0) is 20.9. The van der Waals surface area contributed by atoms with Crippen LogP contribution in [0.4, 0.5) is 0 Å². The van der Waals surface area contributed by atoms with Crippen LogP contribution >= 0.6 is 0 Å². The Morgan fingerprint density at radius 3 is 2.73 bits per heavy atom. The van der Waals surface area contributed by atoms with E-state index in [0.29, 0.717) is 54.7 Å². The predicted molar refractivity (Wildman–Crippen MR) is 110 cm³/mol. The summed E-state index contributed by atoms with van der Waals surface area (Å²) in [5, 5.41) is 0. The number of ether oxygens (including phenoxy) is 4. The number of ketones is 1. The van der Waals surface area contributed by atoms with Crippen molar-refractivity contribution in [2.45, 2.75) is 0 Å². The number of para-hydroxylation sites is 1. The van der Waals surface area contributed by atoms with Crippen molar-refractivity contribution in [3.8, 4) is 17.2 Å². The van der Waals surface area contributed by atoms with Crippen molar-refractivity contribution < 1.29 is 28.5 Å². The van der Waals surface area contributed by atoms with Crippen molar-refractivity contribution in [1.82, 2.24) is 4.90 Å². The fourth-order valence-corrected chi connectivity index (χ4v) is 3.42. The topological polar surface area (TPSA) is 74.3 Å². The van der Waals surface area contributed by atoms with Gasteiger partial charge in [0.15, 0.2) is 23.9 Å². The lowest BCUT2D eigenvalue weighted by atomic mass is 9.98. The summed E-state index contributed by atoms with van der Waals surface area (Å²) >= 11 is 0. The second-order valence-corrected chi connectivity index (χ2v) is 6.98. The molecule has 4 rings (SSSR count). The molecular weight excluding hydrogens is 386 g/mol. The van der Waals surface area contributed by atoms with Gasteiger partial charge < -0.3 is 23.8 Å². The summed E-state index contributed by atoms with van der Waals surface area (Å²) in [6.07, 6.45) is 1.78. The van der Waals surface area contributed by atoms with Crippen molar-refractivity contribution in [2.75, 3.05) is 46.6 Å². The molecule has 1 fully saturated rings. The second kappa shape index (κ2) is 9.00. The van der Waals surface area contributed by atoms with Gasteiger partial charge in [-0.15, -0.1) is 0 Å². The number of Topliss-reactive ketones (excluding diaryl/α,β-unsaturated/α-hetero) is 1. The van der Waals surface area contributed by atoms with Gasteiger partial charge >= 0.3 is 0 Å². The third-order valence-corrected chi connectivity index (χ3v) is 5.05. The molecule has 0 aliphatic carbocycles. The Morgan fingerprint density at radius 2 is 1.93 bits per heavy atom. The van der Waals surface area contributed by atoms with Gasteiger partial charge in [-0.3, -0.25) is 9.59 Å². The molecule has 2 aromatic rings. The second-order valence-electron chi connectivity index (χ2n) is 6.98. The van der Waals surface area contributed by atoms with Crippen LogP contribution < -0.4 is 14.2 Å². The molecule has 1 saturated heterocycles. The molecule has 30 heavy (non-hydrogen) atoms. The minimum atomic E-state index is -0.0878. The highest BCUT2D eigenvalue weighted by Gasteiger charge is 2.23. The van der Waals surface area contributed by atoms with Crippen molar-refractivity contribution in [2.24, 2.45) is 0 Å². The molecule has 7 nitrogen and oxygen atoms in total. The standard InChI is InChI=1S/C23H23NO6/c1-27-21-13-16(12-17-14-29-19-5-3-2-4-18(19)23(17)26)6-7-20(21)30-15-22(25)24-8-10-28-11-9-24/h2-7,12-13H,8-11,14-15H2,1H3/b17-12+. The first-order valence-corrected chi connectivity index (χ1v) is 9.79. The number of morpholine rings is 1. The molecule has 2 aromatic carbocycles. The molecule has 0 radical (unpaired) electrons. The van der Waals surface area contributed by atoms with E-state index in [4.69, 9.17) is 18.9 Å². The summed E-state index contributed by atoms with van der Waals surface area (Å²) in [5.74, 6) is 1.43. The van der Waals surface area contributed by atoms with Gasteiger partial charge in [0.1, 0.15) is 12.4 Å². The van der Waals surface area contributed by atoms with Crippen LogP contribution in [-0.2, 0) is 9.53 Å². The highest BCUT2D eigenvalue weighted by molar-refractivity contribution is 6.14. The van der Waals surface area contributed by atoms with E-state index < -0.39 is 0 Å². The summed E-state index contributed by atoms with van der Waals surface area (Å²) in [4.78, 5) is 26.7. The quantitative estimate of drug-likeness (QED) is 0.707. The molecule has 0 bridgehead atoms. The lowest BCUT2D eigenvalue weighted by Crippen LogP contribution is -2.43. The SMILES string of the molecule is COc1cc(/C=C2\COc3ccccc3C2=O)ccc1OCC(=O)N1CCOCC1. The number of carbonyl (C=O) groups excluding carboxylic acids is 2. The number of nitrogens with zero attached hydrogens (tertiary/aromatic N) is 1. The van der Waals surface area contributed by atoms with Gasteiger partial charge in [-0.2, -0.15) is 0 Å². The molecular formula is C23H23NO6. The molecule has 2 aliphatic heterocycles. The number of fused-ring (bicyclic) bond motifs is 1. The fourth-order valence-electron chi connectivity index (χ4n) is 3.42. The van der Waals surface area contributed by atoms with E-state index in [-0.39, 0.29) is 24.9 Å². The van der Waals surface area contributed by atoms with Crippen LogP contribution in [0, 0.1) is 0 Å². The fraction of sp³-hybridized carbons (Fsp3) is 0.304. The number of hydrogen-bond acceptors (Lipinski definition) is 6.